The largest absolute Gasteiger partial charge is 0.494 e. The number of carbonyl (C=O) groups excluding carboxylic acids is 3. The van der Waals surface area contributed by atoms with Crippen LogP contribution in [0.4, 0.5) is 8.78 Å². The van der Waals surface area contributed by atoms with Crippen molar-refractivity contribution < 1.29 is 57.8 Å². The average molecular weight is 892 g/mol. The third-order valence-electron chi connectivity index (χ3n) is 10.5. The molecule has 3 amide bonds. The summed E-state index contributed by atoms with van der Waals surface area (Å²) in [5, 5.41) is 38.2. The van der Waals surface area contributed by atoms with Crippen molar-refractivity contribution in [2.45, 2.75) is 64.8 Å². The molecular weight excluding hydrogens is 829 g/mol. The van der Waals surface area contributed by atoms with E-state index in [-0.39, 0.29) is 37.7 Å². The summed E-state index contributed by atoms with van der Waals surface area (Å²) < 4.78 is 33.6. The maximum Gasteiger partial charge on any atom is 0.317 e. The molecule has 1 atom stereocenters. The highest BCUT2D eigenvalue weighted by molar-refractivity contribution is 6.07. The summed E-state index contributed by atoms with van der Waals surface area (Å²) in [4.78, 5) is 79.4. The van der Waals surface area contributed by atoms with Gasteiger partial charge in [0.25, 0.3) is 11.8 Å². The van der Waals surface area contributed by atoms with Crippen molar-refractivity contribution in [3.05, 3.63) is 36.0 Å². The lowest BCUT2D eigenvalue weighted by Gasteiger charge is -2.36. The van der Waals surface area contributed by atoms with Crippen LogP contribution in [-0.2, 0) is 24.1 Å². The Bertz CT molecular complexity index is 1820. The molecule has 1 aromatic heterocycles. The molecule has 2 fully saturated rings. The first-order valence-corrected chi connectivity index (χ1v) is 21.4. The number of alkyl halides is 2. The monoisotopic (exact) mass is 891 g/mol. The number of rotatable bonds is 25. The molecule has 1 unspecified atom stereocenters. The number of hydrogen-bond donors (Lipinski definition) is 4. The predicted octanol–water partition coefficient (Wildman–Crippen LogP) is 2.38. The summed E-state index contributed by atoms with van der Waals surface area (Å²) >= 11 is 0. The first-order chi connectivity index (χ1) is 30.1. The third kappa shape index (κ3) is 18.3. The van der Waals surface area contributed by atoms with Gasteiger partial charge in [0.15, 0.2) is 0 Å². The van der Waals surface area contributed by atoms with Crippen LogP contribution in [0.2, 0.25) is 0 Å². The Hall–Kier alpha value is -5.11. The van der Waals surface area contributed by atoms with E-state index in [1.54, 1.807) is 31.2 Å². The fraction of sp³-hybridized carbons (Fsp3) is 0.643. The number of nitrogens with one attached hydrogen (secondary N) is 1. The summed E-state index contributed by atoms with van der Waals surface area (Å²) in [6.07, 6.45) is 3.34. The number of amides is 3. The maximum atomic E-state index is 13.8. The van der Waals surface area contributed by atoms with Crippen LogP contribution in [0.25, 0.3) is 10.9 Å². The molecule has 0 radical (unpaired) electrons. The third-order valence-corrected chi connectivity index (χ3v) is 10.5. The molecular formula is C42H63F2N9O10. The van der Waals surface area contributed by atoms with E-state index in [2.05, 4.69) is 20.1 Å². The van der Waals surface area contributed by atoms with Crippen LogP contribution in [0.1, 0.15) is 63.2 Å². The normalized spacial score (nSPS) is 16.2. The summed E-state index contributed by atoms with van der Waals surface area (Å²) in [5.74, 6) is -5.62. The number of halogens is 2. The molecule has 19 nitrogen and oxygen atoms in total. The van der Waals surface area contributed by atoms with Gasteiger partial charge >= 0.3 is 11.9 Å². The number of pyridine rings is 1. The maximum absolute atomic E-state index is 13.8. The number of hydrogen-bond acceptors (Lipinski definition) is 14. The van der Waals surface area contributed by atoms with Crippen LogP contribution in [0.3, 0.4) is 0 Å². The van der Waals surface area contributed by atoms with Crippen molar-refractivity contribution in [1.29, 1.82) is 5.26 Å². The first kappa shape index (κ1) is 52.2. The standard InChI is InChI=1S/C39H57F2N9O8.C3H6O2/c1-3-10-46(27-37(53)54)13-14-47(15-16-48(11-4-2)29-58-56)26-36(52)49-19-17-45(18-20-49)12-5-21-57-31-6-7-34-33(22-31)32(8-9-43-34)38(55)44-25-35(51)50-28-39(40,41)23-30(50)24-42;1-2-3(4)5/h6-9,22,30,56H,3-5,10-21,23,25-29H2,1-2H3,(H,44,55)(H,53,54);2H2,1H3,(H,4,5). The van der Waals surface area contributed by atoms with E-state index >= 15 is 0 Å². The first-order valence-electron chi connectivity index (χ1n) is 21.4. The molecule has 21 heteroatoms. The van der Waals surface area contributed by atoms with Gasteiger partial charge < -0.3 is 30.1 Å². The highest BCUT2D eigenvalue weighted by Crippen LogP contribution is 2.31. The quantitative estimate of drug-likeness (QED) is 0.0485. The van der Waals surface area contributed by atoms with Crippen LogP contribution in [0, 0.1) is 11.3 Å². The lowest BCUT2D eigenvalue weighted by atomic mass is 10.1. The van der Waals surface area contributed by atoms with Crippen LogP contribution < -0.4 is 10.1 Å². The zero-order valence-corrected chi connectivity index (χ0v) is 36.6. The number of aromatic nitrogens is 1. The van der Waals surface area contributed by atoms with Crippen LogP contribution in [-0.4, -0.2) is 203 Å². The predicted molar refractivity (Wildman–Crippen MR) is 227 cm³/mol. The molecule has 0 bridgehead atoms. The Labute approximate surface area is 367 Å². The van der Waals surface area contributed by atoms with E-state index in [1.165, 1.54) is 12.3 Å². The number of nitrogens with zero attached hydrogens (tertiary/aromatic N) is 8. The van der Waals surface area contributed by atoms with E-state index in [1.807, 2.05) is 33.4 Å². The van der Waals surface area contributed by atoms with Crippen molar-refractivity contribution in [1.82, 2.24) is 39.7 Å². The minimum Gasteiger partial charge on any atom is -0.494 e. The lowest BCUT2D eigenvalue weighted by Crippen LogP contribution is -2.52. The van der Waals surface area contributed by atoms with Gasteiger partial charge in [0.1, 0.15) is 18.5 Å². The SMILES string of the molecule is CCC(=O)O.CCCN(CCN(CCN(CCC)CC(=O)O)CC(=O)N1CCN(CCCOc2ccc3nccc(C(=O)NCC(=O)N4CC(F)(F)CC4C#N)c3c2)CC1)COO. The fourth-order valence-electron chi connectivity index (χ4n) is 7.20. The summed E-state index contributed by atoms with van der Waals surface area (Å²) in [5.41, 5.74) is 0.755. The van der Waals surface area contributed by atoms with Gasteiger partial charge in [-0.15, -0.1) is 0 Å². The van der Waals surface area contributed by atoms with E-state index in [9.17, 15) is 43.1 Å². The molecule has 4 rings (SSSR count). The van der Waals surface area contributed by atoms with E-state index in [0.717, 1.165) is 30.8 Å². The highest BCUT2D eigenvalue weighted by atomic mass is 19.3. The second-order valence-electron chi connectivity index (χ2n) is 15.4. The highest BCUT2D eigenvalue weighted by Gasteiger charge is 2.47. The molecule has 2 saturated heterocycles. The number of benzene rings is 1. The Morgan fingerprint density at radius 2 is 1.54 bits per heavy atom. The van der Waals surface area contributed by atoms with Gasteiger partial charge in [-0.1, -0.05) is 20.8 Å². The minimum atomic E-state index is -3.15. The van der Waals surface area contributed by atoms with Gasteiger partial charge in [0.2, 0.25) is 11.8 Å². The molecule has 0 aliphatic carbocycles. The van der Waals surface area contributed by atoms with Crippen LogP contribution >= 0.6 is 0 Å². The van der Waals surface area contributed by atoms with Gasteiger partial charge in [-0.2, -0.15) is 5.26 Å². The molecule has 0 saturated carbocycles. The number of carboxylic acid groups (broad SMARTS) is 2. The fourth-order valence-corrected chi connectivity index (χ4v) is 7.20. The zero-order valence-electron chi connectivity index (χ0n) is 36.6. The molecule has 0 spiro atoms. The molecule has 1 aromatic carbocycles. The molecule has 2 aliphatic heterocycles. The average Bonchev–Trinajstić information content (AvgIpc) is 3.59. The number of ether oxygens (including phenoxy) is 1. The topological polar surface area (TPSA) is 233 Å². The Kier molecular flexibility index (Phi) is 22.5. The number of carboxylic acids is 2. The number of nitriles is 1. The minimum absolute atomic E-state index is 0.0121. The smallest absolute Gasteiger partial charge is 0.317 e. The van der Waals surface area contributed by atoms with Gasteiger partial charge in [-0.25, -0.2) is 13.7 Å². The lowest BCUT2D eigenvalue weighted by molar-refractivity contribution is -0.269. The molecule has 2 aromatic rings. The Balaban J connectivity index is 0.00000199. The van der Waals surface area contributed by atoms with Gasteiger partial charge in [0, 0.05) is 89.9 Å². The van der Waals surface area contributed by atoms with E-state index in [0.29, 0.717) is 88.6 Å². The Morgan fingerprint density at radius 1 is 0.905 bits per heavy atom. The van der Waals surface area contributed by atoms with Crippen molar-refractivity contribution >= 4 is 40.6 Å². The molecule has 350 valence electrons. The van der Waals surface area contributed by atoms with Gasteiger partial charge in [-0.3, -0.25) is 53.8 Å². The van der Waals surface area contributed by atoms with Crippen molar-refractivity contribution in [2.75, 3.05) is 112 Å². The second-order valence-corrected chi connectivity index (χ2v) is 15.4. The van der Waals surface area contributed by atoms with Crippen LogP contribution in [0.15, 0.2) is 30.5 Å². The second kappa shape index (κ2) is 27.2. The number of likely N-dealkylation sites (tertiary alicyclic amines) is 1. The van der Waals surface area contributed by atoms with E-state index in [4.69, 9.17) is 15.1 Å². The molecule has 63 heavy (non-hydrogen) atoms. The summed E-state index contributed by atoms with van der Waals surface area (Å²) in [6.45, 7) is 11.7. The number of fused-ring (bicyclic) bond motifs is 1. The Morgan fingerprint density at radius 3 is 2.14 bits per heavy atom. The van der Waals surface area contributed by atoms with Crippen molar-refractivity contribution in [3.63, 3.8) is 0 Å². The number of carbonyl (C=O) groups is 5. The van der Waals surface area contributed by atoms with Gasteiger partial charge in [0.05, 0.1) is 49.9 Å². The molecule has 4 N–H and O–H groups in total. The number of piperazine rings is 1. The van der Waals surface area contributed by atoms with Crippen molar-refractivity contribution in [3.8, 4) is 11.8 Å². The molecule has 3 heterocycles. The summed E-state index contributed by atoms with van der Waals surface area (Å²) in [7, 11) is 0. The number of aliphatic carboxylic acids is 2. The summed E-state index contributed by atoms with van der Waals surface area (Å²) in [6, 6.07) is 7.12. The van der Waals surface area contributed by atoms with E-state index < -0.39 is 55.2 Å². The van der Waals surface area contributed by atoms with Crippen molar-refractivity contribution in [2.24, 2.45) is 0 Å². The molecule has 2 aliphatic rings. The zero-order chi connectivity index (χ0) is 46.4. The van der Waals surface area contributed by atoms with Crippen LogP contribution in [0.5, 0.6) is 5.75 Å². The van der Waals surface area contributed by atoms with Gasteiger partial charge in [-0.05, 0) is 50.1 Å².